The third kappa shape index (κ3) is 5.00. The van der Waals surface area contributed by atoms with E-state index in [-0.39, 0.29) is 23.1 Å². The van der Waals surface area contributed by atoms with Crippen LogP contribution in [0.4, 0.5) is 5.13 Å². The normalized spacial score (nSPS) is 16.3. The summed E-state index contributed by atoms with van der Waals surface area (Å²) in [5.74, 6) is 0.500. The Morgan fingerprint density at radius 2 is 1.80 bits per heavy atom. The SMILES string of the molecule is CCC(CC)c1nnc(NC(=O)C2CCN(C(=O)C(C)(C)C)CC2)s1. The van der Waals surface area contributed by atoms with Gasteiger partial charge in [0.05, 0.1) is 0 Å². The first-order chi connectivity index (χ1) is 11.8. The van der Waals surface area contributed by atoms with E-state index in [2.05, 4.69) is 29.4 Å². The Bertz CT molecular complexity index is 596. The first kappa shape index (κ1) is 19.8. The van der Waals surface area contributed by atoms with Crippen molar-refractivity contribution in [3.05, 3.63) is 5.01 Å². The van der Waals surface area contributed by atoms with Crippen LogP contribution in [0.5, 0.6) is 0 Å². The number of piperidine rings is 1. The Balaban J connectivity index is 1.88. The van der Waals surface area contributed by atoms with Gasteiger partial charge in [0.25, 0.3) is 0 Å². The van der Waals surface area contributed by atoms with Crippen LogP contribution in [-0.2, 0) is 9.59 Å². The van der Waals surface area contributed by atoms with Crippen LogP contribution in [-0.4, -0.2) is 40.0 Å². The highest BCUT2D eigenvalue weighted by Gasteiger charge is 2.32. The molecular weight excluding hydrogens is 336 g/mol. The van der Waals surface area contributed by atoms with Gasteiger partial charge in [-0.15, -0.1) is 10.2 Å². The van der Waals surface area contributed by atoms with Crippen molar-refractivity contribution in [2.45, 2.75) is 66.2 Å². The molecule has 7 heteroatoms. The highest BCUT2D eigenvalue weighted by molar-refractivity contribution is 7.15. The molecule has 0 spiro atoms. The van der Waals surface area contributed by atoms with Crippen molar-refractivity contribution in [3.63, 3.8) is 0 Å². The number of aromatic nitrogens is 2. The van der Waals surface area contributed by atoms with Gasteiger partial charge < -0.3 is 10.2 Å². The zero-order valence-corrected chi connectivity index (χ0v) is 16.8. The molecule has 0 aromatic carbocycles. The van der Waals surface area contributed by atoms with Gasteiger partial charge in [0.15, 0.2) is 0 Å². The molecule has 1 saturated heterocycles. The number of nitrogens with one attached hydrogen (secondary N) is 1. The van der Waals surface area contributed by atoms with E-state index in [0.29, 0.717) is 37.0 Å². The smallest absolute Gasteiger partial charge is 0.229 e. The minimum Gasteiger partial charge on any atom is -0.342 e. The molecule has 6 nitrogen and oxygen atoms in total. The quantitative estimate of drug-likeness (QED) is 0.863. The predicted molar refractivity (Wildman–Crippen MR) is 101 cm³/mol. The molecule has 2 amide bonds. The number of carbonyl (C=O) groups is 2. The molecule has 1 aliphatic rings. The summed E-state index contributed by atoms with van der Waals surface area (Å²) in [6.07, 6.45) is 3.45. The van der Waals surface area contributed by atoms with E-state index in [1.54, 1.807) is 0 Å². The van der Waals surface area contributed by atoms with Crippen molar-refractivity contribution < 1.29 is 9.59 Å². The van der Waals surface area contributed by atoms with Crippen LogP contribution in [0, 0.1) is 11.3 Å². The Morgan fingerprint density at radius 1 is 1.20 bits per heavy atom. The Morgan fingerprint density at radius 3 is 2.32 bits per heavy atom. The maximum absolute atomic E-state index is 12.5. The summed E-state index contributed by atoms with van der Waals surface area (Å²) in [7, 11) is 0. The molecule has 25 heavy (non-hydrogen) atoms. The number of anilines is 1. The van der Waals surface area contributed by atoms with Gasteiger partial charge in [-0.1, -0.05) is 46.0 Å². The maximum atomic E-state index is 12.5. The Labute approximate surface area is 154 Å². The topological polar surface area (TPSA) is 75.2 Å². The van der Waals surface area contributed by atoms with E-state index in [0.717, 1.165) is 17.8 Å². The van der Waals surface area contributed by atoms with E-state index in [1.807, 2.05) is 25.7 Å². The zero-order chi connectivity index (χ0) is 18.6. The van der Waals surface area contributed by atoms with Crippen molar-refractivity contribution in [2.24, 2.45) is 11.3 Å². The largest absolute Gasteiger partial charge is 0.342 e. The van der Waals surface area contributed by atoms with Gasteiger partial charge in [-0.3, -0.25) is 9.59 Å². The molecule has 1 aromatic heterocycles. The first-order valence-corrected chi connectivity index (χ1v) is 10.0. The lowest BCUT2D eigenvalue weighted by Crippen LogP contribution is -2.45. The van der Waals surface area contributed by atoms with Crippen LogP contribution in [0.15, 0.2) is 0 Å². The van der Waals surface area contributed by atoms with Gasteiger partial charge in [0.2, 0.25) is 16.9 Å². The van der Waals surface area contributed by atoms with Gasteiger partial charge in [0, 0.05) is 30.3 Å². The van der Waals surface area contributed by atoms with E-state index in [9.17, 15) is 9.59 Å². The Hall–Kier alpha value is -1.50. The lowest BCUT2D eigenvalue weighted by Gasteiger charge is -2.35. The summed E-state index contributed by atoms with van der Waals surface area (Å²) in [5.41, 5.74) is -0.368. The fraction of sp³-hybridized carbons (Fsp3) is 0.778. The summed E-state index contributed by atoms with van der Waals surface area (Å²) in [4.78, 5) is 26.7. The summed E-state index contributed by atoms with van der Waals surface area (Å²) in [6.45, 7) is 11.4. The molecule has 1 aliphatic heterocycles. The summed E-state index contributed by atoms with van der Waals surface area (Å²) >= 11 is 1.47. The van der Waals surface area contributed by atoms with Crippen LogP contribution in [0.2, 0.25) is 0 Å². The molecule has 1 aromatic rings. The predicted octanol–water partition coefficient (Wildman–Crippen LogP) is 3.66. The van der Waals surface area contributed by atoms with Crippen molar-refractivity contribution in [3.8, 4) is 0 Å². The number of hydrogen-bond donors (Lipinski definition) is 1. The molecule has 0 aliphatic carbocycles. The van der Waals surface area contributed by atoms with E-state index < -0.39 is 0 Å². The second-order valence-corrected chi connectivity index (χ2v) is 8.77. The van der Waals surface area contributed by atoms with Gasteiger partial charge in [-0.05, 0) is 25.7 Å². The number of likely N-dealkylation sites (tertiary alicyclic amines) is 1. The molecule has 0 unspecified atom stereocenters. The monoisotopic (exact) mass is 366 g/mol. The summed E-state index contributed by atoms with van der Waals surface area (Å²) in [6, 6.07) is 0. The molecule has 0 bridgehead atoms. The van der Waals surface area contributed by atoms with Crippen molar-refractivity contribution in [1.29, 1.82) is 0 Å². The average molecular weight is 367 g/mol. The summed E-state index contributed by atoms with van der Waals surface area (Å²) in [5, 5.41) is 12.8. The third-order valence-electron chi connectivity index (χ3n) is 4.80. The fourth-order valence-corrected chi connectivity index (χ4v) is 4.13. The number of carbonyl (C=O) groups excluding carboxylic acids is 2. The van der Waals surface area contributed by atoms with Crippen LogP contribution < -0.4 is 5.32 Å². The summed E-state index contributed by atoms with van der Waals surface area (Å²) < 4.78 is 0. The molecule has 0 saturated carbocycles. The number of hydrogen-bond acceptors (Lipinski definition) is 5. The molecule has 1 fully saturated rings. The van der Waals surface area contributed by atoms with Crippen LogP contribution in [0.25, 0.3) is 0 Å². The maximum Gasteiger partial charge on any atom is 0.229 e. The van der Waals surface area contributed by atoms with Gasteiger partial charge >= 0.3 is 0 Å². The van der Waals surface area contributed by atoms with Crippen LogP contribution in [0.3, 0.4) is 0 Å². The molecule has 140 valence electrons. The van der Waals surface area contributed by atoms with Gasteiger partial charge in [0.1, 0.15) is 5.01 Å². The van der Waals surface area contributed by atoms with Crippen molar-refractivity contribution in [1.82, 2.24) is 15.1 Å². The fourth-order valence-electron chi connectivity index (χ4n) is 3.11. The van der Waals surface area contributed by atoms with Crippen LogP contribution >= 0.6 is 11.3 Å². The molecular formula is C18H30N4O2S. The van der Waals surface area contributed by atoms with Gasteiger partial charge in [-0.2, -0.15) is 0 Å². The molecule has 0 radical (unpaired) electrons. The van der Waals surface area contributed by atoms with E-state index >= 15 is 0 Å². The number of amides is 2. The molecule has 0 atom stereocenters. The molecule has 2 heterocycles. The highest BCUT2D eigenvalue weighted by atomic mass is 32.1. The molecule has 1 N–H and O–H groups in total. The van der Waals surface area contributed by atoms with Gasteiger partial charge in [-0.25, -0.2) is 0 Å². The standard InChI is InChI=1S/C18H30N4O2S/c1-6-12(7-2)15-20-21-17(25-15)19-14(23)13-8-10-22(11-9-13)16(24)18(3,4)5/h12-13H,6-11H2,1-5H3,(H,19,21,23). The van der Waals surface area contributed by atoms with Crippen molar-refractivity contribution in [2.75, 3.05) is 18.4 Å². The second-order valence-electron chi connectivity index (χ2n) is 7.76. The van der Waals surface area contributed by atoms with Crippen molar-refractivity contribution >= 4 is 28.3 Å². The van der Waals surface area contributed by atoms with E-state index in [4.69, 9.17) is 0 Å². The average Bonchev–Trinajstić information content (AvgIpc) is 3.03. The minimum atomic E-state index is -0.368. The highest BCUT2D eigenvalue weighted by Crippen LogP contribution is 2.29. The Kier molecular flexibility index (Phi) is 6.54. The number of rotatable bonds is 5. The van der Waals surface area contributed by atoms with Crippen LogP contribution in [0.1, 0.15) is 71.2 Å². The second kappa shape index (κ2) is 8.25. The lowest BCUT2D eigenvalue weighted by molar-refractivity contribution is -0.142. The van der Waals surface area contributed by atoms with E-state index in [1.165, 1.54) is 11.3 Å². The molecule has 2 rings (SSSR count). The third-order valence-corrected chi connectivity index (χ3v) is 5.80. The number of nitrogens with zero attached hydrogens (tertiary/aromatic N) is 3. The minimum absolute atomic E-state index is 0.00453. The lowest BCUT2D eigenvalue weighted by atomic mass is 9.91. The first-order valence-electron chi connectivity index (χ1n) is 9.19. The zero-order valence-electron chi connectivity index (χ0n) is 16.0.